The van der Waals surface area contributed by atoms with Gasteiger partial charge in [0.1, 0.15) is 10.8 Å². The van der Waals surface area contributed by atoms with Gasteiger partial charge >= 0.3 is 0 Å². The fourth-order valence-corrected chi connectivity index (χ4v) is 4.64. The summed E-state index contributed by atoms with van der Waals surface area (Å²) >= 11 is 1.64. The first-order valence-corrected chi connectivity index (χ1v) is 11.1. The van der Waals surface area contributed by atoms with E-state index in [9.17, 15) is 9.59 Å². The molecule has 0 spiro atoms. The maximum absolute atomic E-state index is 12.7. The van der Waals surface area contributed by atoms with Crippen LogP contribution in [-0.4, -0.2) is 20.4 Å². The van der Waals surface area contributed by atoms with Crippen LogP contribution in [0, 0.1) is 6.92 Å². The van der Waals surface area contributed by atoms with Gasteiger partial charge in [-0.05, 0) is 55.5 Å². The molecule has 6 nitrogen and oxygen atoms in total. The molecule has 0 aliphatic heterocycles. The Morgan fingerprint density at radius 2 is 1.66 bits per heavy atom. The molecule has 0 bridgehead atoms. The molecule has 1 amide bonds. The first kappa shape index (κ1) is 20.1. The number of carbonyl (C=O) groups is 1. The number of hydrogen-bond acceptors (Lipinski definition) is 5. The number of amides is 1. The van der Waals surface area contributed by atoms with Crippen LogP contribution in [0.25, 0.3) is 31.7 Å². The minimum absolute atomic E-state index is 0.124. The van der Waals surface area contributed by atoms with Crippen molar-refractivity contribution in [2.24, 2.45) is 0 Å². The van der Waals surface area contributed by atoms with Crippen molar-refractivity contribution in [3.8, 4) is 10.6 Å². The fraction of sp³-hybridized carbons (Fsp3) is 0.120. The molecule has 0 saturated heterocycles. The number of nitrogens with zero attached hydrogens (tertiary/aromatic N) is 3. The molecule has 32 heavy (non-hydrogen) atoms. The average molecular weight is 441 g/mol. The second-order valence-corrected chi connectivity index (χ2v) is 8.53. The summed E-state index contributed by atoms with van der Waals surface area (Å²) in [7, 11) is 0. The number of fused-ring (bicyclic) bond motifs is 2. The Morgan fingerprint density at radius 3 is 2.44 bits per heavy atom. The van der Waals surface area contributed by atoms with Crippen LogP contribution < -0.4 is 10.9 Å². The number of benzene rings is 3. The standard InChI is InChI=1S/C25H20N4O2S/c1-16-26-20-7-3-2-6-19(20)25(31)29(16)15-14-23(30)27-18-12-10-17(11-13-18)24-28-21-8-4-5-9-22(21)32-24/h2-13H,14-15H2,1H3,(H,27,30). The predicted octanol–water partition coefficient (Wildman–Crippen LogP) is 5.01. The van der Waals surface area contributed by atoms with Gasteiger partial charge in [-0.2, -0.15) is 0 Å². The molecule has 3 aromatic carbocycles. The summed E-state index contributed by atoms with van der Waals surface area (Å²) in [5, 5.41) is 4.41. The minimum atomic E-state index is -0.155. The summed E-state index contributed by atoms with van der Waals surface area (Å²) in [6.07, 6.45) is 0.181. The summed E-state index contributed by atoms with van der Waals surface area (Å²) in [4.78, 5) is 34.4. The van der Waals surface area contributed by atoms with Crippen LogP contribution in [0.4, 0.5) is 5.69 Å². The molecule has 2 heterocycles. The highest BCUT2D eigenvalue weighted by Crippen LogP contribution is 2.30. The van der Waals surface area contributed by atoms with Crippen LogP contribution >= 0.6 is 11.3 Å². The van der Waals surface area contributed by atoms with E-state index in [1.54, 1.807) is 28.9 Å². The summed E-state index contributed by atoms with van der Waals surface area (Å²) in [6.45, 7) is 2.06. The number of nitrogens with one attached hydrogen (secondary N) is 1. The molecule has 2 aromatic heterocycles. The molecule has 1 N–H and O–H groups in total. The normalized spacial score (nSPS) is 11.2. The topological polar surface area (TPSA) is 76.9 Å². The van der Waals surface area contributed by atoms with E-state index in [-0.39, 0.29) is 24.4 Å². The van der Waals surface area contributed by atoms with Crippen molar-refractivity contribution in [1.29, 1.82) is 0 Å². The highest BCUT2D eigenvalue weighted by molar-refractivity contribution is 7.21. The minimum Gasteiger partial charge on any atom is -0.326 e. The van der Waals surface area contributed by atoms with E-state index in [0.29, 0.717) is 22.4 Å². The van der Waals surface area contributed by atoms with Gasteiger partial charge in [-0.3, -0.25) is 14.2 Å². The van der Waals surface area contributed by atoms with Crippen LogP contribution in [0.5, 0.6) is 0 Å². The number of anilines is 1. The van der Waals surface area contributed by atoms with E-state index in [4.69, 9.17) is 0 Å². The van der Waals surface area contributed by atoms with Crippen molar-refractivity contribution in [3.63, 3.8) is 0 Å². The van der Waals surface area contributed by atoms with E-state index in [1.165, 1.54) is 0 Å². The van der Waals surface area contributed by atoms with E-state index < -0.39 is 0 Å². The molecule has 0 fully saturated rings. The van der Waals surface area contributed by atoms with Gasteiger partial charge in [-0.15, -0.1) is 11.3 Å². The molecule has 0 aliphatic carbocycles. The first-order valence-electron chi connectivity index (χ1n) is 10.3. The molecule has 7 heteroatoms. The number of para-hydroxylation sites is 2. The van der Waals surface area contributed by atoms with Gasteiger partial charge in [0.15, 0.2) is 0 Å². The second kappa shape index (κ2) is 8.36. The van der Waals surface area contributed by atoms with Crippen molar-refractivity contribution in [3.05, 3.63) is 89.0 Å². The third-order valence-corrected chi connectivity index (χ3v) is 6.41. The number of aryl methyl sites for hydroxylation is 1. The van der Waals surface area contributed by atoms with Gasteiger partial charge in [0.05, 0.1) is 21.1 Å². The Morgan fingerprint density at radius 1 is 0.938 bits per heavy atom. The van der Waals surface area contributed by atoms with Crippen LogP contribution in [0.15, 0.2) is 77.6 Å². The van der Waals surface area contributed by atoms with Gasteiger partial charge in [-0.25, -0.2) is 9.97 Å². The maximum atomic E-state index is 12.7. The number of carbonyl (C=O) groups excluding carboxylic acids is 1. The lowest BCUT2D eigenvalue weighted by Crippen LogP contribution is -2.26. The van der Waals surface area contributed by atoms with Crippen molar-refractivity contribution in [1.82, 2.24) is 14.5 Å². The summed E-state index contributed by atoms with van der Waals surface area (Å²) in [5.41, 5.74) is 3.25. The third-order valence-electron chi connectivity index (χ3n) is 5.32. The molecule has 5 aromatic rings. The van der Waals surface area contributed by atoms with E-state index in [0.717, 1.165) is 20.8 Å². The Bertz CT molecular complexity index is 1470. The third kappa shape index (κ3) is 3.90. The molecule has 5 rings (SSSR count). The van der Waals surface area contributed by atoms with Gasteiger partial charge in [0, 0.05) is 24.2 Å². The Balaban J connectivity index is 1.27. The molecule has 0 unspecified atom stereocenters. The Labute approximate surface area is 188 Å². The van der Waals surface area contributed by atoms with Crippen LogP contribution in [0.2, 0.25) is 0 Å². The van der Waals surface area contributed by atoms with Crippen molar-refractivity contribution in [2.45, 2.75) is 19.9 Å². The lowest BCUT2D eigenvalue weighted by atomic mass is 10.2. The molecular weight excluding hydrogens is 420 g/mol. The zero-order valence-corrected chi connectivity index (χ0v) is 18.2. The van der Waals surface area contributed by atoms with Crippen LogP contribution in [0.3, 0.4) is 0 Å². The Hall–Kier alpha value is -3.84. The number of thiazole rings is 1. The van der Waals surface area contributed by atoms with Gasteiger partial charge in [0.2, 0.25) is 5.91 Å². The zero-order chi connectivity index (χ0) is 22.1. The molecule has 0 radical (unpaired) electrons. The maximum Gasteiger partial charge on any atom is 0.261 e. The van der Waals surface area contributed by atoms with E-state index >= 15 is 0 Å². The molecule has 0 aliphatic rings. The highest BCUT2D eigenvalue weighted by Gasteiger charge is 2.11. The number of aromatic nitrogens is 3. The average Bonchev–Trinajstić information content (AvgIpc) is 3.24. The lowest BCUT2D eigenvalue weighted by Gasteiger charge is -2.11. The smallest absolute Gasteiger partial charge is 0.261 e. The van der Waals surface area contributed by atoms with Gasteiger partial charge in [0.25, 0.3) is 5.56 Å². The molecule has 158 valence electrons. The monoisotopic (exact) mass is 440 g/mol. The predicted molar refractivity (Wildman–Crippen MR) is 129 cm³/mol. The quantitative estimate of drug-likeness (QED) is 0.417. The summed E-state index contributed by atoms with van der Waals surface area (Å²) in [5.74, 6) is 0.443. The first-order chi connectivity index (χ1) is 15.6. The molecule has 0 atom stereocenters. The SMILES string of the molecule is Cc1nc2ccccc2c(=O)n1CCC(=O)Nc1ccc(-c2nc3ccccc3s2)cc1. The zero-order valence-electron chi connectivity index (χ0n) is 17.4. The van der Waals surface area contributed by atoms with Gasteiger partial charge in [-0.1, -0.05) is 24.3 Å². The highest BCUT2D eigenvalue weighted by atomic mass is 32.1. The molecule has 0 saturated carbocycles. The van der Waals surface area contributed by atoms with Crippen LogP contribution in [0.1, 0.15) is 12.2 Å². The number of rotatable bonds is 5. The lowest BCUT2D eigenvalue weighted by molar-refractivity contribution is -0.116. The summed E-state index contributed by atoms with van der Waals surface area (Å²) in [6, 6.07) is 22.9. The van der Waals surface area contributed by atoms with Crippen molar-refractivity contribution >= 4 is 44.1 Å². The van der Waals surface area contributed by atoms with Crippen LogP contribution in [-0.2, 0) is 11.3 Å². The fourth-order valence-electron chi connectivity index (χ4n) is 3.67. The Kier molecular flexibility index (Phi) is 5.25. The number of hydrogen-bond donors (Lipinski definition) is 1. The summed E-state index contributed by atoms with van der Waals surface area (Å²) < 4.78 is 2.70. The van der Waals surface area contributed by atoms with Crippen molar-refractivity contribution < 1.29 is 4.79 Å². The molecular formula is C25H20N4O2S. The van der Waals surface area contributed by atoms with E-state index in [2.05, 4.69) is 21.4 Å². The van der Waals surface area contributed by atoms with Gasteiger partial charge < -0.3 is 5.32 Å². The van der Waals surface area contributed by atoms with E-state index in [1.807, 2.05) is 60.7 Å². The second-order valence-electron chi connectivity index (χ2n) is 7.50. The van der Waals surface area contributed by atoms with Crippen molar-refractivity contribution in [2.75, 3.05) is 5.32 Å². The largest absolute Gasteiger partial charge is 0.326 e.